The molecule has 3 aromatic rings. The molecular weight excluding hydrogens is 554 g/mol. The van der Waals surface area contributed by atoms with E-state index in [9.17, 15) is 18.0 Å². The van der Waals surface area contributed by atoms with Crippen molar-refractivity contribution < 1.29 is 27.5 Å². The van der Waals surface area contributed by atoms with Gasteiger partial charge in [-0.3, -0.25) is 13.9 Å². The molecule has 0 fully saturated rings. The van der Waals surface area contributed by atoms with Gasteiger partial charge in [0.05, 0.1) is 24.8 Å². The summed E-state index contributed by atoms with van der Waals surface area (Å²) in [6.07, 6.45) is 0.344. The van der Waals surface area contributed by atoms with Crippen LogP contribution in [0.1, 0.15) is 43.9 Å². The van der Waals surface area contributed by atoms with E-state index in [-0.39, 0.29) is 29.1 Å². The minimum Gasteiger partial charge on any atom is -0.493 e. The molecule has 10 heteroatoms. The number of sulfonamides is 1. The van der Waals surface area contributed by atoms with E-state index in [0.717, 1.165) is 21.0 Å². The number of hydrogen-bond acceptors (Lipinski definition) is 6. The zero-order valence-corrected chi connectivity index (χ0v) is 26.2. The van der Waals surface area contributed by atoms with Crippen LogP contribution in [0.5, 0.6) is 11.5 Å². The van der Waals surface area contributed by atoms with Crippen molar-refractivity contribution in [1.29, 1.82) is 0 Å². The van der Waals surface area contributed by atoms with Gasteiger partial charge in [0.2, 0.25) is 11.8 Å². The second-order valence-corrected chi connectivity index (χ2v) is 12.3. The Morgan fingerprint density at radius 2 is 1.43 bits per heavy atom. The molecular formula is C32H41N3O6S. The molecule has 0 aliphatic rings. The molecule has 0 aliphatic heterocycles. The molecule has 9 nitrogen and oxygen atoms in total. The third-order valence-corrected chi connectivity index (χ3v) is 8.62. The van der Waals surface area contributed by atoms with Gasteiger partial charge >= 0.3 is 0 Å². The normalized spacial score (nSPS) is 12.0. The first-order valence-corrected chi connectivity index (χ1v) is 15.3. The number of anilines is 1. The summed E-state index contributed by atoms with van der Waals surface area (Å²) >= 11 is 0. The Morgan fingerprint density at radius 3 is 1.95 bits per heavy atom. The molecule has 0 unspecified atom stereocenters. The predicted molar refractivity (Wildman–Crippen MR) is 164 cm³/mol. The van der Waals surface area contributed by atoms with E-state index in [4.69, 9.17) is 9.47 Å². The van der Waals surface area contributed by atoms with Crippen LogP contribution in [-0.4, -0.2) is 58.0 Å². The first-order valence-electron chi connectivity index (χ1n) is 13.9. The summed E-state index contributed by atoms with van der Waals surface area (Å²) in [6.45, 7) is 8.95. The van der Waals surface area contributed by atoms with Crippen molar-refractivity contribution in [3.63, 3.8) is 0 Å². The summed E-state index contributed by atoms with van der Waals surface area (Å²) in [5, 5.41) is 2.90. The number of amides is 2. The molecule has 1 atom stereocenters. The lowest BCUT2D eigenvalue weighted by Gasteiger charge is -2.33. The van der Waals surface area contributed by atoms with Crippen LogP contribution in [0.15, 0.2) is 71.6 Å². The zero-order valence-electron chi connectivity index (χ0n) is 25.4. The van der Waals surface area contributed by atoms with Gasteiger partial charge in [0.25, 0.3) is 10.0 Å². The Hall–Kier alpha value is -4.05. The Kier molecular flexibility index (Phi) is 11.0. The van der Waals surface area contributed by atoms with Crippen molar-refractivity contribution in [3.05, 3.63) is 83.4 Å². The number of methoxy groups -OCH3 is 2. The standard InChI is InChI=1S/C32H41N3O6S/c1-8-28(32(37)33-22(2)3)34(20-25-13-9-23(4)10-14-25)31(36)21-35(26-15-18-29(40-6)30(19-26)41-7)42(38,39)27-16-11-24(5)12-17-27/h9-19,22,28H,8,20-21H2,1-7H3,(H,33,37)/t28-/m0/s1. The quantitative estimate of drug-likeness (QED) is 0.303. The molecule has 0 saturated heterocycles. The fourth-order valence-electron chi connectivity index (χ4n) is 4.54. The van der Waals surface area contributed by atoms with Gasteiger partial charge in [-0.1, -0.05) is 54.4 Å². The molecule has 0 radical (unpaired) electrons. The number of ether oxygens (including phenoxy) is 2. The molecule has 0 spiro atoms. The molecule has 3 rings (SSSR count). The first kappa shape index (κ1) is 32.5. The maximum Gasteiger partial charge on any atom is 0.264 e. The molecule has 0 saturated carbocycles. The highest BCUT2D eigenvalue weighted by Crippen LogP contribution is 2.34. The van der Waals surface area contributed by atoms with Crippen molar-refractivity contribution in [3.8, 4) is 11.5 Å². The summed E-state index contributed by atoms with van der Waals surface area (Å²) < 4.78 is 40.0. The van der Waals surface area contributed by atoms with E-state index in [1.807, 2.05) is 58.9 Å². The molecule has 42 heavy (non-hydrogen) atoms. The van der Waals surface area contributed by atoms with E-state index in [1.165, 1.54) is 37.3 Å². The predicted octanol–water partition coefficient (Wildman–Crippen LogP) is 4.85. The minimum absolute atomic E-state index is 0.0327. The highest BCUT2D eigenvalue weighted by Gasteiger charge is 2.34. The van der Waals surface area contributed by atoms with E-state index >= 15 is 0 Å². The number of carbonyl (C=O) groups excluding carboxylic acids is 2. The lowest BCUT2D eigenvalue weighted by atomic mass is 10.1. The minimum atomic E-state index is -4.21. The molecule has 1 N–H and O–H groups in total. The number of nitrogens with zero attached hydrogens (tertiary/aromatic N) is 2. The van der Waals surface area contributed by atoms with Crippen molar-refractivity contribution in [2.24, 2.45) is 0 Å². The average Bonchev–Trinajstić information content (AvgIpc) is 2.96. The SMILES string of the molecule is CC[C@@H](C(=O)NC(C)C)N(Cc1ccc(C)cc1)C(=O)CN(c1ccc(OC)c(OC)c1)S(=O)(=O)c1ccc(C)cc1. The second kappa shape index (κ2) is 14.2. The Bertz CT molecular complexity index is 1470. The number of hydrogen-bond donors (Lipinski definition) is 1. The van der Waals surface area contributed by atoms with Crippen molar-refractivity contribution in [1.82, 2.24) is 10.2 Å². The molecule has 3 aromatic carbocycles. The number of rotatable bonds is 13. The molecule has 2 amide bonds. The first-order chi connectivity index (χ1) is 19.9. The van der Waals surface area contributed by atoms with Crippen LogP contribution in [0, 0.1) is 13.8 Å². The van der Waals surface area contributed by atoms with Crippen LogP contribution in [-0.2, 0) is 26.2 Å². The summed E-state index contributed by atoms with van der Waals surface area (Å²) in [6, 6.07) is 17.8. The maximum atomic E-state index is 14.2. The van der Waals surface area contributed by atoms with Gasteiger partial charge in [0.1, 0.15) is 12.6 Å². The van der Waals surface area contributed by atoms with Crippen LogP contribution in [0.25, 0.3) is 0 Å². The fourth-order valence-corrected chi connectivity index (χ4v) is 5.94. The summed E-state index contributed by atoms with van der Waals surface area (Å²) in [7, 11) is -1.27. The topological polar surface area (TPSA) is 105 Å². The Balaban J connectivity index is 2.12. The summed E-state index contributed by atoms with van der Waals surface area (Å²) in [4.78, 5) is 28.9. The van der Waals surface area contributed by atoms with Gasteiger partial charge in [-0.05, 0) is 63.9 Å². The summed E-state index contributed by atoms with van der Waals surface area (Å²) in [5.74, 6) is -0.0951. The van der Waals surface area contributed by atoms with Crippen LogP contribution in [0.3, 0.4) is 0 Å². The Labute approximate surface area is 249 Å². The van der Waals surface area contributed by atoms with Gasteiger partial charge < -0.3 is 19.7 Å². The van der Waals surface area contributed by atoms with Crippen molar-refractivity contribution >= 4 is 27.5 Å². The zero-order chi connectivity index (χ0) is 31.0. The number of nitrogens with one attached hydrogen (secondary N) is 1. The molecule has 0 bridgehead atoms. The van der Waals surface area contributed by atoms with Crippen molar-refractivity contribution in [2.45, 2.75) is 64.6 Å². The number of aryl methyl sites for hydroxylation is 2. The lowest BCUT2D eigenvalue weighted by Crippen LogP contribution is -2.53. The third-order valence-electron chi connectivity index (χ3n) is 6.83. The van der Waals surface area contributed by atoms with E-state index in [1.54, 1.807) is 24.3 Å². The van der Waals surface area contributed by atoms with Gasteiger partial charge in [-0.2, -0.15) is 0 Å². The largest absolute Gasteiger partial charge is 0.493 e. The average molecular weight is 596 g/mol. The van der Waals surface area contributed by atoms with Gasteiger partial charge in [-0.25, -0.2) is 8.42 Å². The fraction of sp³-hybridized carbons (Fsp3) is 0.375. The molecule has 0 heterocycles. The van der Waals surface area contributed by atoms with Crippen molar-refractivity contribution in [2.75, 3.05) is 25.1 Å². The van der Waals surface area contributed by atoms with Crippen LogP contribution < -0.4 is 19.1 Å². The number of carbonyl (C=O) groups is 2. The van der Waals surface area contributed by atoms with Crippen LogP contribution in [0.2, 0.25) is 0 Å². The van der Waals surface area contributed by atoms with Crippen LogP contribution in [0.4, 0.5) is 5.69 Å². The second-order valence-electron chi connectivity index (χ2n) is 10.5. The Morgan fingerprint density at radius 1 is 0.857 bits per heavy atom. The van der Waals surface area contributed by atoms with E-state index in [2.05, 4.69) is 5.32 Å². The summed E-state index contributed by atoms with van der Waals surface area (Å²) in [5.41, 5.74) is 3.00. The van der Waals surface area contributed by atoms with Gasteiger partial charge in [0.15, 0.2) is 11.5 Å². The highest BCUT2D eigenvalue weighted by atomic mass is 32.2. The molecule has 226 valence electrons. The van der Waals surface area contributed by atoms with Gasteiger partial charge in [-0.15, -0.1) is 0 Å². The molecule has 0 aromatic heterocycles. The lowest BCUT2D eigenvalue weighted by molar-refractivity contribution is -0.140. The van der Waals surface area contributed by atoms with Gasteiger partial charge in [0, 0.05) is 18.7 Å². The molecule has 0 aliphatic carbocycles. The van der Waals surface area contributed by atoms with Crippen LogP contribution >= 0.6 is 0 Å². The third kappa shape index (κ3) is 7.82. The smallest absolute Gasteiger partial charge is 0.264 e. The highest BCUT2D eigenvalue weighted by molar-refractivity contribution is 7.92. The maximum absolute atomic E-state index is 14.2. The monoisotopic (exact) mass is 595 g/mol. The van der Waals surface area contributed by atoms with E-state index in [0.29, 0.717) is 17.9 Å². The number of benzene rings is 3. The van der Waals surface area contributed by atoms with E-state index < -0.39 is 28.5 Å².